The average molecular weight is 204 g/mol. The first-order valence-corrected chi connectivity index (χ1v) is 5.30. The van der Waals surface area contributed by atoms with Gasteiger partial charge in [0.05, 0.1) is 18.8 Å². The molecule has 0 aliphatic carbocycles. The van der Waals surface area contributed by atoms with Gasteiger partial charge in [-0.3, -0.25) is 0 Å². The Morgan fingerprint density at radius 3 is 3.07 bits per heavy atom. The average Bonchev–Trinajstić information content (AvgIpc) is 2.47. The number of allylic oxidation sites excluding steroid dienone is 2. The van der Waals surface area contributed by atoms with E-state index < -0.39 is 0 Å². The summed E-state index contributed by atoms with van der Waals surface area (Å²) >= 11 is 0. The third-order valence-corrected chi connectivity index (χ3v) is 2.54. The van der Waals surface area contributed by atoms with Crippen LogP contribution < -0.4 is 0 Å². The summed E-state index contributed by atoms with van der Waals surface area (Å²) in [6.45, 7) is 4.34. The van der Waals surface area contributed by atoms with E-state index in [-0.39, 0.29) is 18.3 Å². The van der Waals surface area contributed by atoms with E-state index >= 15 is 0 Å². The molecule has 2 heterocycles. The number of ether oxygens (including phenoxy) is 2. The minimum atomic E-state index is 0.0318. The van der Waals surface area contributed by atoms with Crippen molar-refractivity contribution < 1.29 is 9.47 Å². The molecule has 2 aliphatic heterocycles. The van der Waals surface area contributed by atoms with Crippen molar-refractivity contribution in [3.8, 4) is 0 Å². The maximum Gasteiger partial charge on any atom is 0.103 e. The summed E-state index contributed by atoms with van der Waals surface area (Å²) in [7, 11) is 0. The molecule has 0 spiro atoms. The maximum absolute atomic E-state index is 5.88. The predicted molar refractivity (Wildman–Crippen MR) is 60.6 cm³/mol. The molecular formula is C13H16O2. The lowest BCUT2D eigenvalue weighted by Gasteiger charge is -2.27. The van der Waals surface area contributed by atoms with Crippen LogP contribution in [0.3, 0.4) is 0 Å². The highest BCUT2D eigenvalue weighted by Crippen LogP contribution is 2.21. The van der Waals surface area contributed by atoms with Crippen LogP contribution in [0.2, 0.25) is 0 Å². The third-order valence-electron chi connectivity index (χ3n) is 2.54. The predicted octanol–water partition coefficient (Wildman–Crippen LogP) is 2.40. The molecule has 80 valence electrons. The Morgan fingerprint density at radius 2 is 2.20 bits per heavy atom. The van der Waals surface area contributed by atoms with Gasteiger partial charge in [0.2, 0.25) is 0 Å². The van der Waals surface area contributed by atoms with E-state index in [1.807, 2.05) is 18.2 Å². The zero-order chi connectivity index (χ0) is 10.5. The summed E-state index contributed by atoms with van der Waals surface area (Å²) in [4.78, 5) is 0. The molecule has 0 radical (unpaired) electrons. The lowest BCUT2D eigenvalue weighted by atomic mass is 10.1. The highest BCUT2D eigenvalue weighted by atomic mass is 16.5. The normalized spacial score (nSPS) is 35.1. The molecule has 0 saturated heterocycles. The fourth-order valence-electron chi connectivity index (χ4n) is 1.79. The highest BCUT2D eigenvalue weighted by molar-refractivity contribution is 5.12. The fourth-order valence-corrected chi connectivity index (χ4v) is 1.79. The van der Waals surface area contributed by atoms with E-state index in [2.05, 4.69) is 24.8 Å². The minimum absolute atomic E-state index is 0.0318. The molecule has 2 rings (SSSR count). The molecule has 0 fully saturated rings. The van der Waals surface area contributed by atoms with Gasteiger partial charge in [0.1, 0.15) is 6.10 Å². The van der Waals surface area contributed by atoms with Crippen molar-refractivity contribution in [1.29, 1.82) is 0 Å². The van der Waals surface area contributed by atoms with Gasteiger partial charge in [0.25, 0.3) is 0 Å². The first-order valence-electron chi connectivity index (χ1n) is 5.30. The van der Waals surface area contributed by atoms with Gasteiger partial charge in [-0.1, -0.05) is 49.1 Å². The largest absolute Gasteiger partial charge is 0.371 e. The monoisotopic (exact) mass is 204 g/mol. The minimum Gasteiger partial charge on any atom is -0.371 e. The molecular weight excluding hydrogens is 188 g/mol. The van der Waals surface area contributed by atoms with Crippen LogP contribution in [0.15, 0.2) is 49.1 Å². The van der Waals surface area contributed by atoms with Crippen LogP contribution in [-0.4, -0.2) is 24.9 Å². The van der Waals surface area contributed by atoms with Gasteiger partial charge in [-0.15, -0.1) is 0 Å². The van der Waals surface area contributed by atoms with E-state index in [1.165, 1.54) is 0 Å². The lowest BCUT2D eigenvalue weighted by Crippen LogP contribution is -2.33. The summed E-state index contributed by atoms with van der Waals surface area (Å²) in [6, 6.07) is 0. The standard InChI is InChI=1S/C13H16O2/c1-2-3-6-11-7-4-8-12-13(15-11)9-5-10-14-12/h2-7,9,11-13H,1,8,10H2/b6-3+/t11-,12-,13+/m1/s1. The Labute approximate surface area is 90.6 Å². The number of rotatable bonds is 2. The molecule has 0 bridgehead atoms. The van der Waals surface area contributed by atoms with Gasteiger partial charge >= 0.3 is 0 Å². The van der Waals surface area contributed by atoms with Gasteiger partial charge in [0, 0.05) is 0 Å². The Kier molecular flexibility index (Phi) is 3.54. The fraction of sp³-hybridized carbons (Fsp3) is 0.385. The van der Waals surface area contributed by atoms with Crippen LogP contribution in [-0.2, 0) is 9.47 Å². The van der Waals surface area contributed by atoms with Crippen molar-refractivity contribution >= 4 is 0 Å². The van der Waals surface area contributed by atoms with Gasteiger partial charge < -0.3 is 9.47 Å². The van der Waals surface area contributed by atoms with Crippen molar-refractivity contribution in [3.63, 3.8) is 0 Å². The topological polar surface area (TPSA) is 18.5 Å². The molecule has 0 N–H and O–H groups in total. The van der Waals surface area contributed by atoms with Crippen LogP contribution in [0.4, 0.5) is 0 Å². The van der Waals surface area contributed by atoms with Gasteiger partial charge in [-0.25, -0.2) is 0 Å². The highest BCUT2D eigenvalue weighted by Gasteiger charge is 2.25. The van der Waals surface area contributed by atoms with Crippen molar-refractivity contribution in [3.05, 3.63) is 49.1 Å². The first kappa shape index (κ1) is 10.4. The van der Waals surface area contributed by atoms with Crippen LogP contribution in [0.1, 0.15) is 6.42 Å². The van der Waals surface area contributed by atoms with Crippen molar-refractivity contribution in [1.82, 2.24) is 0 Å². The van der Waals surface area contributed by atoms with Gasteiger partial charge in [0.15, 0.2) is 0 Å². The molecule has 15 heavy (non-hydrogen) atoms. The molecule has 2 nitrogen and oxygen atoms in total. The number of fused-ring (bicyclic) bond motifs is 1. The van der Waals surface area contributed by atoms with Crippen LogP contribution in [0, 0.1) is 0 Å². The second kappa shape index (κ2) is 5.10. The zero-order valence-corrected chi connectivity index (χ0v) is 8.71. The summed E-state index contributed by atoms with van der Waals surface area (Å²) in [5.41, 5.74) is 0. The Hall–Kier alpha value is -1.12. The smallest absolute Gasteiger partial charge is 0.103 e. The van der Waals surface area contributed by atoms with Gasteiger partial charge in [-0.05, 0) is 6.42 Å². The molecule has 2 heteroatoms. The molecule has 0 amide bonds. The van der Waals surface area contributed by atoms with Crippen molar-refractivity contribution in [2.45, 2.75) is 24.7 Å². The van der Waals surface area contributed by atoms with Crippen molar-refractivity contribution in [2.24, 2.45) is 0 Å². The van der Waals surface area contributed by atoms with Gasteiger partial charge in [-0.2, -0.15) is 0 Å². The zero-order valence-electron chi connectivity index (χ0n) is 8.71. The second-order valence-electron chi connectivity index (χ2n) is 3.65. The van der Waals surface area contributed by atoms with Crippen LogP contribution >= 0.6 is 0 Å². The SMILES string of the molecule is C=C/C=C/[C@@H]1C=CC[C@H]2OCC=C[C@@H]2O1. The van der Waals surface area contributed by atoms with Crippen molar-refractivity contribution in [2.75, 3.05) is 6.61 Å². The lowest BCUT2D eigenvalue weighted by molar-refractivity contribution is -0.0537. The molecule has 0 aromatic rings. The second-order valence-corrected chi connectivity index (χ2v) is 3.65. The first-order chi connectivity index (χ1) is 7.40. The quantitative estimate of drug-likeness (QED) is 0.508. The molecule has 0 unspecified atom stereocenters. The summed E-state index contributed by atoms with van der Waals surface area (Å²) < 4.78 is 11.5. The molecule has 0 saturated carbocycles. The van der Waals surface area contributed by atoms with E-state index in [0.717, 1.165) is 6.42 Å². The molecule has 0 aromatic carbocycles. The Bertz CT molecular complexity index is 302. The number of hydrogen-bond donors (Lipinski definition) is 0. The van der Waals surface area contributed by atoms with E-state index in [9.17, 15) is 0 Å². The van der Waals surface area contributed by atoms with Crippen LogP contribution in [0.5, 0.6) is 0 Å². The number of hydrogen-bond acceptors (Lipinski definition) is 2. The Balaban J connectivity index is 2.05. The molecule has 0 aromatic heterocycles. The third kappa shape index (κ3) is 2.67. The summed E-state index contributed by atoms with van der Waals surface area (Å²) in [5, 5.41) is 0. The maximum atomic E-state index is 5.88. The van der Waals surface area contributed by atoms with E-state index in [4.69, 9.17) is 9.47 Å². The molecule has 3 atom stereocenters. The summed E-state index contributed by atoms with van der Waals surface area (Å²) in [5.74, 6) is 0. The molecule has 2 aliphatic rings. The Morgan fingerprint density at radius 1 is 1.27 bits per heavy atom. The summed E-state index contributed by atoms with van der Waals surface area (Å²) in [6.07, 6.45) is 15.2. The van der Waals surface area contributed by atoms with E-state index in [1.54, 1.807) is 6.08 Å². The van der Waals surface area contributed by atoms with Crippen LogP contribution in [0.25, 0.3) is 0 Å². The van der Waals surface area contributed by atoms with E-state index in [0.29, 0.717) is 6.61 Å².